The maximum Gasteiger partial charge on any atom is 0.248 e. The zero-order valence-electron chi connectivity index (χ0n) is 10.5. The normalized spacial score (nSPS) is 20.8. The molecule has 1 amide bonds. The van der Waals surface area contributed by atoms with Crippen LogP contribution in [-0.4, -0.2) is 35.6 Å². The molecule has 0 spiro atoms. The molecular weight excluding hydrogens is 228 g/mol. The molecule has 1 heterocycles. The van der Waals surface area contributed by atoms with Gasteiger partial charge in [-0.1, -0.05) is 12.1 Å². The number of aliphatic hydroxyl groups is 1. The van der Waals surface area contributed by atoms with Crippen LogP contribution in [0.4, 0.5) is 0 Å². The van der Waals surface area contributed by atoms with Crippen molar-refractivity contribution in [3.8, 4) is 0 Å². The smallest absolute Gasteiger partial charge is 0.248 e. The van der Waals surface area contributed by atoms with Crippen LogP contribution in [-0.2, 0) is 6.54 Å². The first-order valence-electron chi connectivity index (χ1n) is 6.41. The number of aliphatic hydroxyl groups excluding tert-OH is 1. The Balaban J connectivity index is 1.94. The molecule has 18 heavy (non-hydrogen) atoms. The lowest BCUT2D eigenvalue weighted by Crippen LogP contribution is -2.36. The van der Waals surface area contributed by atoms with Gasteiger partial charge in [0, 0.05) is 25.3 Å². The van der Waals surface area contributed by atoms with Gasteiger partial charge in [-0.25, -0.2) is 0 Å². The number of hydrogen-bond acceptors (Lipinski definition) is 3. The van der Waals surface area contributed by atoms with E-state index in [1.54, 1.807) is 12.1 Å². The highest BCUT2D eigenvalue weighted by Crippen LogP contribution is 2.18. The van der Waals surface area contributed by atoms with E-state index in [1.807, 2.05) is 12.1 Å². The van der Waals surface area contributed by atoms with Crippen LogP contribution in [0.3, 0.4) is 0 Å². The average molecular weight is 248 g/mol. The summed E-state index contributed by atoms with van der Waals surface area (Å²) in [6.45, 7) is 3.18. The number of likely N-dealkylation sites (tertiary alicyclic amines) is 1. The second kappa shape index (κ2) is 5.98. The third-order valence-corrected chi connectivity index (χ3v) is 3.51. The number of hydrogen-bond donors (Lipinski definition) is 2. The molecular formula is C14H20N2O2. The van der Waals surface area contributed by atoms with Crippen molar-refractivity contribution in [2.45, 2.75) is 19.4 Å². The number of rotatable bonds is 4. The van der Waals surface area contributed by atoms with E-state index in [1.165, 1.54) is 5.56 Å². The Morgan fingerprint density at radius 1 is 1.39 bits per heavy atom. The van der Waals surface area contributed by atoms with Crippen molar-refractivity contribution in [3.05, 3.63) is 35.4 Å². The van der Waals surface area contributed by atoms with Crippen LogP contribution in [0, 0.1) is 5.92 Å². The second-order valence-electron chi connectivity index (χ2n) is 4.99. The van der Waals surface area contributed by atoms with Crippen LogP contribution in [0.2, 0.25) is 0 Å². The third kappa shape index (κ3) is 3.31. The first kappa shape index (κ1) is 13.1. The van der Waals surface area contributed by atoms with Gasteiger partial charge in [-0.3, -0.25) is 9.69 Å². The van der Waals surface area contributed by atoms with Gasteiger partial charge in [0.2, 0.25) is 5.91 Å². The molecule has 1 fully saturated rings. The maximum absolute atomic E-state index is 11.0. The summed E-state index contributed by atoms with van der Waals surface area (Å²) < 4.78 is 0. The van der Waals surface area contributed by atoms with Crippen LogP contribution in [0.5, 0.6) is 0 Å². The van der Waals surface area contributed by atoms with Crippen LogP contribution in [0.25, 0.3) is 0 Å². The molecule has 3 N–H and O–H groups in total. The summed E-state index contributed by atoms with van der Waals surface area (Å²) in [5.74, 6) is 0.0171. The van der Waals surface area contributed by atoms with Gasteiger partial charge >= 0.3 is 0 Å². The lowest BCUT2D eigenvalue weighted by Gasteiger charge is -2.31. The molecule has 1 aromatic rings. The zero-order valence-corrected chi connectivity index (χ0v) is 10.5. The van der Waals surface area contributed by atoms with Gasteiger partial charge < -0.3 is 10.8 Å². The fourth-order valence-corrected chi connectivity index (χ4v) is 2.48. The summed E-state index contributed by atoms with van der Waals surface area (Å²) in [6, 6.07) is 7.43. The Hall–Kier alpha value is -1.39. The van der Waals surface area contributed by atoms with Crippen molar-refractivity contribution < 1.29 is 9.90 Å². The van der Waals surface area contributed by atoms with E-state index >= 15 is 0 Å². The Labute approximate surface area is 107 Å². The molecule has 1 saturated heterocycles. The van der Waals surface area contributed by atoms with Crippen molar-refractivity contribution in [1.82, 2.24) is 4.90 Å². The topological polar surface area (TPSA) is 66.6 Å². The van der Waals surface area contributed by atoms with Crippen molar-refractivity contribution in [2.75, 3.05) is 19.7 Å². The van der Waals surface area contributed by atoms with Crippen molar-refractivity contribution >= 4 is 5.91 Å². The number of primary amides is 1. The van der Waals surface area contributed by atoms with Crippen LogP contribution < -0.4 is 5.73 Å². The lowest BCUT2D eigenvalue weighted by atomic mass is 9.98. The summed E-state index contributed by atoms with van der Waals surface area (Å²) >= 11 is 0. The Kier molecular flexibility index (Phi) is 4.33. The fourth-order valence-electron chi connectivity index (χ4n) is 2.48. The van der Waals surface area contributed by atoms with Gasteiger partial charge in [-0.15, -0.1) is 0 Å². The number of carbonyl (C=O) groups excluding carboxylic acids is 1. The van der Waals surface area contributed by atoms with Gasteiger partial charge in [0.05, 0.1) is 0 Å². The molecule has 1 aliphatic rings. The third-order valence-electron chi connectivity index (χ3n) is 3.51. The van der Waals surface area contributed by atoms with E-state index in [9.17, 15) is 9.90 Å². The molecule has 4 heteroatoms. The molecule has 98 valence electrons. The summed E-state index contributed by atoms with van der Waals surface area (Å²) in [5.41, 5.74) is 6.93. The number of amides is 1. The zero-order chi connectivity index (χ0) is 13.0. The molecule has 0 saturated carbocycles. The summed E-state index contributed by atoms with van der Waals surface area (Å²) in [6.07, 6.45) is 2.26. The predicted molar refractivity (Wildman–Crippen MR) is 70.0 cm³/mol. The Bertz CT molecular complexity index is 403. The quantitative estimate of drug-likeness (QED) is 0.835. The number of benzene rings is 1. The largest absolute Gasteiger partial charge is 0.396 e. The molecule has 1 aliphatic heterocycles. The average Bonchev–Trinajstić information content (AvgIpc) is 2.39. The molecule has 4 nitrogen and oxygen atoms in total. The minimum Gasteiger partial charge on any atom is -0.396 e. The van der Waals surface area contributed by atoms with Crippen LogP contribution in [0.15, 0.2) is 24.3 Å². The van der Waals surface area contributed by atoms with Crippen molar-refractivity contribution in [2.24, 2.45) is 11.7 Å². The fraction of sp³-hybridized carbons (Fsp3) is 0.500. The minimum atomic E-state index is -0.389. The lowest BCUT2D eigenvalue weighted by molar-refractivity contribution is 0.1000. The highest BCUT2D eigenvalue weighted by atomic mass is 16.3. The van der Waals surface area contributed by atoms with Crippen LogP contribution >= 0.6 is 0 Å². The molecule has 1 atom stereocenters. The van der Waals surface area contributed by atoms with Gasteiger partial charge in [-0.2, -0.15) is 0 Å². The van der Waals surface area contributed by atoms with Gasteiger partial charge in [0.25, 0.3) is 0 Å². The summed E-state index contributed by atoms with van der Waals surface area (Å²) in [4.78, 5) is 13.3. The SMILES string of the molecule is NC(=O)c1ccc(CN2CCCC(CO)C2)cc1. The standard InChI is InChI=1S/C14H20N2O2/c15-14(18)13-5-3-11(4-6-13)8-16-7-1-2-12(9-16)10-17/h3-6,12,17H,1-2,7-10H2,(H2,15,18). The monoisotopic (exact) mass is 248 g/mol. The van der Waals surface area contributed by atoms with Crippen molar-refractivity contribution in [1.29, 1.82) is 0 Å². The van der Waals surface area contributed by atoms with E-state index in [4.69, 9.17) is 5.73 Å². The van der Waals surface area contributed by atoms with Gasteiger partial charge in [0.1, 0.15) is 0 Å². The van der Waals surface area contributed by atoms with E-state index in [-0.39, 0.29) is 12.5 Å². The van der Waals surface area contributed by atoms with Gasteiger partial charge in [0.15, 0.2) is 0 Å². The second-order valence-corrected chi connectivity index (χ2v) is 4.99. The summed E-state index contributed by atoms with van der Waals surface area (Å²) in [5, 5.41) is 9.19. The molecule has 2 rings (SSSR count). The van der Waals surface area contributed by atoms with Crippen molar-refractivity contribution in [3.63, 3.8) is 0 Å². The first-order chi connectivity index (χ1) is 8.69. The highest BCUT2D eigenvalue weighted by molar-refractivity contribution is 5.92. The van der Waals surface area contributed by atoms with E-state index in [2.05, 4.69) is 4.90 Å². The van der Waals surface area contributed by atoms with E-state index in [0.717, 1.165) is 32.5 Å². The molecule has 1 unspecified atom stereocenters. The van der Waals surface area contributed by atoms with Gasteiger partial charge in [-0.05, 0) is 43.0 Å². The molecule has 1 aromatic carbocycles. The Morgan fingerprint density at radius 2 is 2.11 bits per heavy atom. The number of piperidine rings is 1. The minimum absolute atomic E-state index is 0.275. The Morgan fingerprint density at radius 3 is 2.72 bits per heavy atom. The molecule has 0 aromatic heterocycles. The molecule has 0 radical (unpaired) electrons. The first-order valence-corrected chi connectivity index (χ1v) is 6.41. The number of carbonyl (C=O) groups is 1. The number of nitrogens with two attached hydrogens (primary N) is 1. The van der Waals surface area contributed by atoms with E-state index in [0.29, 0.717) is 11.5 Å². The summed E-state index contributed by atoms with van der Waals surface area (Å²) in [7, 11) is 0. The molecule has 0 aliphatic carbocycles. The number of nitrogens with zero attached hydrogens (tertiary/aromatic N) is 1. The highest BCUT2D eigenvalue weighted by Gasteiger charge is 2.18. The maximum atomic E-state index is 11.0. The predicted octanol–water partition coefficient (Wildman–Crippen LogP) is 0.990. The van der Waals surface area contributed by atoms with E-state index < -0.39 is 0 Å². The molecule has 0 bridgehead atoms. The van der Waals surface area contributed by atoms with Crippen LogP contribution in [0.1, 0.15) is 28.8 Å².